The zero-order valence-electron chi connectivity index (χ0n) is 21.1. The van der Waals surface area contributed by atoms with E-state index in [-0.39, 0.29) is 18.0 Å². The molecule has 1 atom stereocenters. The van der Waals surface area contributed by atoms with Gasteiger partial charge in [-0.25, -0.2) is 14.8 Å². The Kier molecular flexibility index (Phi) is 8.32. The summed E-state index contributed by atoms with van der Waals surface area (Å²) < 4.78 is 22.3. The highest BCUT2D eigenvalue weighted by molar-refractivity contribution is 6.01. The highest BCUT2D eigenvalue weighted by Gasteiger charge is 2.29. The molecule has 0 spiro atoms. The van der Waals surface area contributed by atoms with Crippen molar-refractivity contribution in [2.45, 2.75) is 38.2 Å². The molecule has 1 N–H and O–H groups in total. The first kappa shape index (κ1) is 25.8. The number of pyridine rings is 2. The summed E-state index contributed by atoms with van der Waals surface area (Å²) in [6.45, 7) is 2.25. The number of urea groups is 1. The van der Waals surface area contributed by atoms with Gasteiger partial charge in [0.1, 0.15) is 40.8 Å². The van der Waals surface area contributed by atoms with Gasteiger partial charge in [-0.3, -0.25) is 10.2 Å². The van der Waals surface area contributed by atoms with Crippen LogP contribution in [0.2, 0.25) is 0 Å². The van der Waals surface area contributed by atoms with Crippen LogP contribution in [0.5, 0.6) is 5.75 Å². The van der Waals surface area contributed by atoms with E-state index in [4.69, 9.17) is 23.9 Å². The van der Waals surface area contributed by atoms with E-state index >= 15 is 0 Å². The monoisotopic (exact) mass is 496 g/mol. The van der Waals surface area contributed by atoms with Crippen LogP contribution in [0.4, 0.5) is 16.4 Å². The molecule has 0 bridgehead atoms. The topological polar surface area (TPSA) is 122 Å². The molecule has 192 valence electrons. The number of carbonyl (C=O) groups is 1. The van der Waals surface area contributed by atoms with Crippen LogP contribution >= 0.6 is 0 Å². The van der Waals surface area contributed by atoms with Gasteiger partial charge < -0.3 is 23.8 Å². The van der Waals surface area contributed by atoms with Gasteiger partial charge >= 0.3 is 6.03 Å². The lowest BCUT2D eigenvalue weighted by molar-refractivity contribution is -0.109. The maximum absolute atomic E-state index is 13.4. The maximum Gasteiger partial charge on any atom is 0.328 e. The number of nitrogens with zero attached hydrogens (tertiary/aromatic N) is 5. The van der Waals surface area contributed by atoms with Gasteiger partial charge in [-0.05, 0) is 44.1 Å². The molecule has 0 radical (unpaired) electrons. The van der Waals surface area contributed by atoms with Crippen molar-refractivity contribution >= 4 is 17.7 Å². The van der Waals surface area contributed by atoms with E-state index < -0.39 is 6.29 Å². The third-order valence-electron chi connectivity index (χ3n) is 6.06. The van der Waals surface area contributed by atoms with Crippen LogP contribution in [0.3, 0.4) is 0 Å². The molecule has 0 aromatic carbocycles. The molecule has 4 heterocycles. The highest BCUT2D eigenvalue weighted by Crippen LogP contribution is 2.32. The number of amides is 2. The minimum atomic E-state index is -0.656. The molecular formula is C25H32N6O5. The number of methoxy groups -OCH3 is 2. The van der Waals surface area contributed by atoms with Crippen molar-refractivity contribution in [1.82, 2.24) is 14.9 Å². The molecule has 0 unspecified atom stereocenters. The third-order valence-corrected chi connectivity index (χ3v) is 6.06. The zero-order valence-corrected chi connectivity index (χ0v) is 21.1. The summed E-state index contributed by atoms with van der Waals surface area (Å²) in [5.41, 5.74) is 2.91. The number of nitrogens with one attached hydrogen (secondary N) is 1. The number of carbonyl (C=O) groups excluding carboxylic acids is 1. The van der Waals surface area contributed by atoms with Crippen LogP contribution in [0.1, 0.15) is 41.5 Å². The minimum Gasteiger partial charge on any atom is -0.486 e. The molecule has 0 saturated carbocycles. The summed E-state index contributed by atoms with van der Waals surface area (Å²) in [5.74, 6) is 1.23. The van der Waals surface area contributed by atoms with Crippen LogP contribution in [-0.2, 0) is 27.2 Å². The number of aromatic nitrogens is 2. The van der Waals surface area contributed by atoms with Gasteiger partial charge in [-0.1, -0.05) is 0 Å². The van der Waals surface area contributed by atoms with Gasteiger partial charge in [0.2, 0.25) is 6.29 Å². The fourth-order valence-electron chi connectivity index (χ4n) is 4.40. The molecule has 36 heavy (non-hydrogen) atoms. The fraction of sp³-hybridized carbons (Fsp3) is 0.520. The lowest BCUT2D eigenvalue weighted by atomic mass is 10.0. The van der Waals surface area contributed by atoms with Crippen molar-refractivity contribution in [2.24, 2.45) is 0 Å². The van der Waals surface area contributed by atoms with E-state index in [1.807, 2.05) is 14.1 Å². The molecule has 2 amide bonds. The third kappa shape index (κ3) is 5.74. The SMILES string of the molecule is COC(OC)c1nc2c(cc1CN(C)C)CCCN2C(=O)Nc1cc(O[C@@H]2CCOC2)c(C#N)cn1. The number of aryl methyl sites for hydroxylation is 1. The van der Waals surface area contributed by atoms with Crippen molar-refractivity contribution in [1.29, 1.82) is 5.26 Å². The first-order valence-electron chi connectivity index (χ1n) is 11.9. The Hall–Kier alpha value is -3.30. The summed E-state index contributed by atoms with van der Waals surface area (Å²) in [4.78, 5) is 26.1. The largest absolute Gasteiger partial charge is 0.486 e. The zero-order chi connectivity index (χ0) is 25.7. The van der Waals surface area contributed by atoms with Gasteiger partial charge in [-0.15, -0.1) is 0 Å². The Morgan fingerprint density at radius 3 is 2.83 bits per heavy atom. The van der Waals surface area contributed by atoms with Crippen LogP contribution in [-0.4, -0.2) is 75.1 Å². The van der Waals surface area contributed by atoms with E-state index in [0.717, 1.165) is 30.4 Å². The average Bonchev–Trinajstić information content (AvgIpc) is 3.37. The minimum absolute atomic E-state index is 0.134. The molecule has 1 fully saturated rings. The van der Waals surface area contributed by atoms with Crippen molar-refractivity contribution in [3.63, 3.8) is 0 Å². The molecule has 2 aliphatic heterocycles. The van der Waals surface area contributed by atoms with Gasteiger partial charge in [0.15, 0.2) is 0 Å². The van der Waals surface area contributed by atoms with Crippen LogP contribution < -0.4 is 15.0 Å². The molecule has 2 aromatic rings. The summed E-state index contributed by atoms with van der Waals surface area (Å²) in [7, 11) is 7.10. The standard InChI is InChI=1S/C25H32N6O5/c1-30(2)14-17-10-16-6-5-8-31(23(16)29-22(17)24(33-3)34-4)25(32)28-21-11-20(18(12-26)13-27-21)36-19-7-9-35-15-19/h10-11,13,19,24H,5-9,14-15H2,1-4H3,(H,27,28,32)/t19-/m1/s1. The van der Waals surface area contributed by atoms with Gasteiger partial charge in [0, 0.05) is 39.8 Å². The second-order valence-electron chi connectivity index (χ2n) is 9.02. The lowest BCUT2D eigenvalue weighted by Gasteiger charge is -2.30. The van der Waals surface area contributed by atoms with Gasteiger partial charge in [0.25, 0.3) is 0 Å². The quantitative estimate of drug-likeness (QED) is 0.550. The molecule has 11 nitrogen and oxygen atoms in total. The Morgan fingerprint density at radius 1 is 1.36 bits per heavy atom. The second kappa shape index (κ2) is 11.6. The highest BCUT2D eigenvalue weighted by atomic mass is 16.7. The van der Waals surface area contributed by atoms with Crippen LogP contribution in [0.25, 0.3) is 0 Å². The summed E-state index contributed by atoms with van der Waals surface area (Å²) in [6.07, 6.45) is 2.97. The average molecular weight is 497 g/mol. The van der Waals surface area contributed by atoms with E-state index in [1.165, 1.54) is 6.20 Å². The second-order valence-corrected chi connectivity index (χ2v) is 9.02. The Labute approximate surface area is 210 Å². The van der Waals surface area contributed by atoms with Crippen molar-refractivity contribution in [2.75, 3.05) is 58.3 Å². The van der Waals surface area contributed by atoms with Crippen molar-refractivity contribution in [3.05, 3.63) is 40.7 Å². The van der Waals surface area contributed by atoms with E-state index in [2.05, 4.69) is 27.3 Å². The van der Waals surface area contributed by atoms with Crippen molar-refractivity contribution < 1.29 is 23.7 Å². The Bertz CT molecular complexity index is 1120. The normalized spacial score (nSPS) is 17.2. The number of fused-ring (bicyclic) bond motifs is 1. The smallest absolute Gasteiger partial charge is 0.328 e. The van der Waals surface area contributed by atoms with E-state index in [9.17, 15) is 10.1 Å². The molecule has 2 aliphatic rings. The molecule has 1 saturated heterocycles. The number of hydrogen-bond donors (Lipinski definition) is 1. The predicted octanol–water partition coefficient (Wildman–Crippen LogP) is 2.85. The predicted molar refractivity (Wildman–Crippen MR) is 132 cm³/mol. The molecule has 2 aromatic heterocycles. The summed E-state index contributed by atoms with van der Waals surface area (Å²) >= 11 is 0. The van der Waals surface area contributed by atoms with Gasteiger partial charge in [0.05, 0.1) is 19.4 Å². The summed E-state index contributed by atoms with van der Waals surface area (Å²) in [6, 6.07) is 5.37. The Balaban J connectivity index is 1.60. The van der Waals surface area contributed by atoms with Gasteiger partial charge in [-0.2, -0.15) is 5.26 Å². The molecule has 0 aliphatic carbocycles. The number of nitriles is 1. The van der Waals surface area contributed by atoms with E-state index in [0.29, 0.717) is 49.1 Å². The number of ether oxygens (including phenoxy) is 4. The van der Waals surface area contributed by atoms with E-state index in [1.54, 1.807) is 25.2 Å². The number of anilines is 2. The maximum atomic E-state index is 13.4. The Morgan fingerprint density at radius 2 is 2.17 bits per heavy atom. The first-order valence-corrected chi connectivity index (χ1v) is 11.9. The molecular weight excluding hydrogens is 464 g/mol. The lowest BCUT2D eigenvalue weighted by Crippen LogP contribution is -2.40. The fourth-order valence-corrected chi connectivity index (χ4v) is 4.40. The number of hydrogen-bond acceptors (Lipinski definition) is 9. The molecule has 4 rings (SSSR count). The number of rotatable bonds is 8. The first-order chi connectivity index (χ1) is 17.4. The molecule has 11 heteroatoms. The summed E-state index contributed by atoms with van der Waals surface area (Å²) in [5, 5.41) is 12.3. The van der Waals surface area contributed by atoms with Crippen LogP contribution in [0.15, 0.2) is 18.3 Å². The van der Waals surface area contributed by atoms with Crippen LogP contribution in [0, 0.1) is 11.3 Å². The van der Waals surface area contributed by atoms with Crippen molar-refractivity contribution in [3.8, 4) is 11.8 Å².